The predicted molar refractivity (Wildman–Crippen MR) is 85.6 cm³/mol. The summed E-state index contributed by atoms with van der Waals surface area (Å²) >= 11 is 0. The summed E-state index contributed by atoms with van der Waals surface area (Å²) in [6.45, 7) is 9.32. The quantitative estimate of drug-likeness (QED) is 0.780. The third kappa shape index (κ3) is 2.96. The molecule has 0 aliphatic heterocycles. The van der Waals surface area contributed by atoms with Crippen LogP contribution in [0.4, 0.5) is 4.39 Å². The number of nitrogens with zero attached hydrogens (tertiary/aromatic N) is 1. The van der Waals surface area contributed by atoms with E-state index in [0.29, 0.717) is 28.6 Å². The van der Waals surface area contributed by atoms with Crippen LogP contribution >= 0.6 is 0 Å². The molecule has 1 unspecified atom stereocenters. The van der Waals surface area contributed by atoms with Gasteiger partial charge in [-0.3, -0.25) is 9.78 Å². The number of carbonyl (C=O) groups excluding carboxylic acids is 1. The summed E-state index contributed by atoms with van der Waals surface area (Å²) in [6, 6.07) is 3.10. The Balaban J connectivity index is 2.66. The first-order valence-electron chi connectivity index (χ1n) is 7.70. The SMILES string of the molecule is CCc1nc2cc(C)c(F)cc2c(OC(=O)C(C)CC)c1C. The van der Waals surface area contributed by atoms with Gasteiger partial charge in [-0.1, -0.05) is 20.8 Å². The van der Waals surface area contributed by atoms with E-state index in [0.717, 1.165) is 17.7 Å². The molecule has 1 atom stereocenters. The van der Waals surface area contributed by atoms with Gasteiger partial charge in [-0.05, 0) is 44.4 Å². The minimum absolute atomic E-state index is 0.192. The maximum atomic E-state index is 13.9. The minimum atomic E-state index is -0.321. The third-order valence-electron chi connectivity index (χ3n) is 4.10. The lowest BCUT2D eigenvalue weighted by molar-refractivity contribution is -0.138. The van der Waals surface area contributed by atoms with E-state index >= 15 is 0 Å². The maximum absolute atomic E-state index is 13.9. The van der Waals surface area contributed by atoms with E-state index in [4.69, 9.17) is 4.74 Å². The van der Waals surface area contributed by atoms with Gasteiger partial charge in [0.2, 0.25) is 0 Å². The Labute approximate surface area is 130 Å². The third-order valence-corrected chi connectivity index (χ3v) is 4.10. The van der Waals surface area contributed by atoms with Gasteiger partial charge in [0.15, 0.2) is 0 Å². The number of ether oxygens (including phenoxy) is 1. The minimum Gasteiger partial charge on any atom is -0.425 e. The number of pyridine rings is 1. The van der Waals surface area contributed by atoms with Gasteiger partial charge in [-0.2, -0.15) is 0 Å². The molecule has 2 aromatic rings. The van der Waals surface area contributed by atoms with Gasteiger partial charge >= 0.3 is 5.97 Å². The molecule has 1 aromatic heterocycles. The van der Waals surface area contributed by atoms with Crippen molar-refractivity contribution in [3.63, 3.8) is 0 Å². The summed E-state index contributed by atoms with van der Waals surface area (Å²) in [5.41, 5.74) is 2.86. The number of hydrogen-bond acceptors (Lipinski definition) is 3. The lowest BCUT2D eigenvalue weighted by Gasteiger charge is -2.16. The van der Waals surface area contributed by atoms with Crippen LogP contribution in [0.25, 0.3) is 10.9 Å². The number of aryl methyl sites for hydroxylation is 2. The Morgan fingerprint density at radius 1 is 1.32 bits per heavy atom. The maximum Gasteiger partial charge on any atom is 0.314 e. The van der Waals surface area contributed by atoms with Crippen molar-refractivity contribution in [3.05, 3.63) is 34.8 Å². The van der Waals surface area contributed by atoms with Crippen LogP contribution in [0, 0.1) is 25.6 Å². The lowest BCUT2D eigenvalue weighted by atomic mass is 10.0. The van der Waals surface area contributed by atoms with Gasteiger partial charge < -0.3 is 4.74 Å². The smallest absolute Gasteiger partial charge is 0.314 e. The van der Waals surface area contributed by atoms with Crippen molar-refractivity contribution in [1.29, 1.82) is 0 Å². The van der Waals surface area contributed by atoms with Gasteiger partial charge in [0.05, 0.1) is 11.4 Å². The van der Waals surface area contributed by atoms with Gasteiger partial charge in [0.1, 0.15) is 11.6 Å². The topological polar surface area (TPSA) is 39.2 Å². The van der Waals surface area contributed by atoms with Crippen molar-refractivity contribution < 1.29 is 13.9 Å². The molecule has 0 saturated carbocycles. The molecular weight excluding hydrogens is 281 g/mol. The highest BCUT2D eigenvalue weighted by atomic mass is 19.1. The van der Waals surface area contributed by atoms with Crippen LogP contribution in [0.3, 0.4) is 0 Å². The lowest BCUT2D eigenvalue weighted by Crippen LogP contribution is -2.18. The summed E-state index contributed by atoms with van der Waals surface area (Å²) in [4.78, 5) is 16.7. The average molecular weight is 303 g/mol. The van der Waals surface area contributed by atoms with E-state index in [1.165, 1.54) is 6.07 Å². The molecule has 0 bridgehead atoms. The van der Waals surface area contributed by atoms with Gasteiger partial charge in [-0.25, -0.2) is 4.39 Å². The van der Waals surface area contributed by atoms with Crippen LogP contribution in [-0.2, 0) is 11.2 Å². The van der Waals surface area contributed by atoms with Crippen molar-refractivity contribution >= 4 is 16.9 Å². The molecule has 0 fully saturated rings. The Morgan fingerprint density at radius 3 is 2.59 bits per heavy atom. The highest BCUT2D eigenvalue weighted by Crippen LogP contribution is 2.33. The van der Waals surface area contributed by atoms with Crippen molar-refractivity contribution in [2.24, 2.45) is 5.92 Å². The standard InChI is InChI=1S/C18H22FNO2/c1-6-10(3)18(21)22-17-12(5)15(7-2)20-16-8-11(4)14(19)9-13(16)17/h8-10H,6-7H2,1-5H3. The Morgan fingerprint density at radius 2 is 2.00 bits per heavy atom. The normalized spacial score (nSPS) is 12.5. The molecule has 3 nitrogen and oxygen atoms in total. The van der Waals surface area contributed by atoms with Crippen molar-refractivity contribution in [2.75, 3.05) is 0 Å². The Hall–Kier alpha value is -1.97. The molecule has 4 heteroatoms. The van der Waals surface area contributed by atoms with Gasteiger partial charge in [-0.15, -0.1) is 0 Å². The number of esters is 1. The second-order valence-electron chi connectivity index (χ2n) is 5.72. The number of halogens is 1. The number of carbonyl (C=O) groups is 1. The molecule has 0 aliphatic carbocycles. The second-order valence-corrected chi connectivity index (χ2v) is 5.72. The molecule has 0 amide bonds. The summed E-state index contributed by atoms with van der Waals surface area (Å²) in [5, 5.41) is 0.550. The number of fused-ring (bicyclic) bond motifs is 1. The molecule has 118 valence electrons. The average Bonchev–Trinajstić information content (AvgIpc) is 2.50. The molecule has 1 heterocycles. The molecule has 2 rings (SSSR count). The molecule has 0 radical (unpaired) electrons. The second kappa shape index (κ2) is 6.42. The Bertz CT molecular complexity index is 725. The molecule has 0 N–H and O–H groups in total. The fraction of sp³-hybridized carbons (Fsp3) is 0.444. The highest BCUT2D eigenvalue weighted by Gasteiger charge is 2.19. The van der Waals surface area contributed by atoms with E-state index in [1.807, 2.05) is 27.7 Å². The largest absolute Gasteiger partial charge is 0.425 e. The zero-order chi connectivity index (χ0) is 16.4. The Kier molecular flexibility index (Phi) is 4.79. The molecule has 22 heavy (non-hydrogen) atoms. The number of benzene rings is 1. The zero-order valence-electron chi connectivity index (χ0n) is 13.8. The summed E-state index contributed by atoms with van der Waals surface area (Å²) in [5.74, 6) is -0.367. The molecule has 0 aliphatic rings. The number of hydrogen-bond donors (Lipinski definition) is 0. The zero-order valence-corrected chi connectivity index (χ0v) is 13.8. The number of aromatic nitrogens is 1. The first-order valence-corrected chi connectivity index (χ1v) is 7.70. The van der Waals surface area contributed by atoms with E-state index in [9.17, 15) is 9.18 Å². The van der Waals surface area contributed by atoms with Crippen molar-refractivity contribution in [1.82, 2.24) is 4.98 Å². The van der Waals surface area contributed by atoms with Crippen LogP contribution in [0.1, 0.15) is 44.0 Å². The van der Waals surface area contributed by atoms with E-state index in [2.05, 4.69) is 4.98 Å². The first kappa shape index (κ1) is 16.4. The van der Waals surface area contributed by atoms with Crippen LogP contribution in [0.15, 0.2) is 12.1 Å². The molecule has 1 aromatic carbocycles. The van der Waals surface area contributed by atoms with Crippen LogP contribution < -0.4 is 4.74 Å². The summed E-state index contributed by atoms with van der Waals surface area (Å²) < 4.78 is 19.5. The summed E-state index contributed by atoms with van der Waals surface area (Å²) in [6.07, 6.45) is 1.43. The fourth-order valence-electron chi connectivity index (χ4n) is 2.35. The van der Waals surface area contributed by atoms with Gasteiger partial charge in [0.25, 0.3) is 0 Å². The first-order chi connectivity index (χ1) is 10.4. The van der Waals surface area contributed by atoms with Crippen molar-refractivity contribution in [2.45, 2.75) is 47.5 Å². The van der Waals surface area contributed by atoms with Gasteiger partial charge in [0, 0.05) is 16.6 Å². The molecule has 0 spiro atoms. The molecule has 0 saturated heterocycles. The van der Waals surface area contributed by atoms with Crippen LogP contribution in [0.5, 0.6) is 5.75 Å². The monoisotopic (exact) mass is 303 g/mol. The molecular formula is C18H22FNO2. The highest BCUT2D eigenvalue weighted by molar-refractivity contribution is 5.90. The van der Waals surface area contributed by atoms with Crippen LogP contribution in [-0.4, -0.2) is 11.0 Å². The van der Waals surface area contributed by atoms with Crippen LogP contribution in [0.2, 0.25) is 0 Å². The van der Waals surface area contributed by atoms with E-state index in [-0.39, 0.29) is 17.7 Å². The number of rotatable bonds is 4. The fourth-order valence-corrected chi connectivity index (χ4v) is 2.35. The summed E-state index contributed by atoms with van der Waals surface area (Å²) in [7, 11) is 0. The van der Waals surface area contributed by atoms with E-state index in [1.54, 1.807) is 13.0 Å². The predicted octanol–water partition coefficient (Wildman–Crippen LogP) is 4.50. The van der Waals surface area contributed by atoms with E-state index < -0.39 is 0 Å². The van der Waals surface area contributed by atoms with Crippen molar-refractivity contribution in [3.8, 4) is 5.75 Å².